The van der Waals surface area contributed by atoms with Gasteiger partial charge in [0, 0.05) is 5.56 Å². The first-order valence-corrected chi connectivity index (χ1v) is 7.73. The van der Waals surface area contributed by atoms with Gasteiger partial charge in [0.1, 0.15) is 0 Å². The summed E-state index contributed by atoms with van der Waals surface area (Å²) in [7, 11) is 0. The number of benzene rings is 1. The molecule has 0 amide bonds. The van der Waals surface area contributed by atoms with Crippen LogP contribution in [0.3, 0.4) is 0 Å². The number of nitrogens with zero attached hydrogens (tertiary/aromatic N) is 2. The van der Waals surface area contributed by atoms with Crippen LogP contribution in [0.25, 0.3) is 5.69 Å². The molecule has 0 unspecified atom stereocenters. The third-order valence-corrected chi connectivity index (χ3v) is 3.76. The molecule has 3 heteroatoms. The fourth-order valence-corrected chi connectivity index (χ4v) is 2.68. The second-order valence-electron chi connectivity index (χ2n) is 6.75. The minimum atomic E-state index is -0.115. The standard InChI is InChI=1S/C18H26N2O/c1-6-7-8-15-16(18(3,4)5)17(21)19-20(15)14-11-9-13(2)10-12-14/h9-12H,6-8H2,1-5H3,(H,19,21). The molecule has 1 aromatic heterocycles. The normalized spacial score (nSPS) is 11.9. The summed E-state index contributed by atoms with van der Waals surface area (Å²) in [5.74, 6) is 0.161. The van der Waals surface area contributed by atoms with Gasteiger partial charge in [-0.05, 0) is 37.3 Å². The first kappa shape index (κ1) is 15.6. The Morgan fingerprint density at radius 2 is 1.76 bits per heavy atom. The van der Waals surface area contributed by atoms with Crippen LogP contribution in [0.2, 0.25) is 0 Å². The Morgan fingerprint density at radius 1 is 1.14 bits per heavy atom. The third-order valence-electron chi connectivity index (χ3n) is 3.76. The molecule has 0 aliphatic rings. The SMILES string of the molecule is CCCCc1c(C(C)(C)C)c(O)nn1-c1ccc(C)cc1. The molecule has 21 heavy (non-hydrogen) atoms. The molecular weight excluding hydrogens is 260 g/mol. The van der Waals surface area contributed by atoms with E-state index < -0.39 is 0 Å². The summed E-state index contributed by atoms with van der Waals surface area (Å²) in [6.07, 6.45) is 3.16. The van der Waals surface area contributed by atoms with Crippen molar-refractivity contribution in [3.05, 3.63) is 41.1 Å². The number of aromatic hydroxyl groups is 1. The Balaban J connectivity index is 2.57. The Bertz CT molecular complexity index is 603. The van der Waals surface area contributed by atoms with E-state index in [1.165, 1.54) is 5.56 Å². The summed E-state index contributed by atoms with van der Waals surface area (Å²) in [5.41, 5.74) is 4.22. The van der Waals surface area contributed by atoms with E-state index in [1.807, 2.05) is 4.68 Å². The number of hydrogen-bond acceptors (Lipinski definition) is 2. The van der Waals surface area contributed by atoms with Crippen molar-refractivity contribution in [2.75, 3.05) is 0 Å². The third kappa shape index (κ3) is 3.29. The van der Waals surface area contributed by atoms with Gasteiger partial charge in [0.05, 0.1) is 11.4 Å². The van der Waals surface area contributed by atoms with Crippen LogP contribution < -0.4 is 0 Å². The molecule has 114 valence electrons. The lowest BCUT2D eigenvalue weighted by Gasteiger charge is -2.20. The van der Waals surface area contributed by atoms with E-state index in [1.54, 1.807) is 0 Å². The van der Waals surface area contributed by atoms with Gasteiger partial charge in [-0.2, -0.15) is 0 Å². The fraction of sp³-hybridized carbons (Fsp3) is 0.500. The molecule has 0 atom stereocenters. The molecule has 0 saturated heterocycles. The fourth-order valence-electron chi connectivity index (χ4n) is 2.68. The van der Waals surface area contributed by atoms with E-state index in [4.69, 9.17) is 0 Å². The van der Waals surface area contributed by atoms with Crippen LogP contribution >= 0.6 is 0 Å². The van der Waals surface area contributed by atoms with Crippen molar-refractivity contribution >= 4 is 0 Å². The van der Waals surface area contributed by atoms with Crippen molar-refractivity contribution < 1.29 is 5.11 Å². The van der Waals surface area contributed by atoms with Crippen molar-refractivity contribution in [3.8, 4) is 11.6 Å². The highest BCUT2D eigenvalue weighted by molar-refractivity contribution is 5.43. The minimum Gasteiger partial charge on any atom is -0.492 e. The monoisotopic (exact) mass is 286 g/mol. The first-order chi connectivity index (χ1) is 9.84. The molecule has 3 nitrogen and oxygen atoms in total. The smallest absolute Gasteiger partial charge is 0.234 e. The second kappa shape index (κ2) is 5.92. The molecule has 0 radical (unpaired) electrons. The van der Waals surface area contributed by atoms with Crippen LogP contribution in [0.5, 0.6) is 5.88 Å². The summed E-state index contributed by atoms with van der Waals surface area (Å²) in [4.78, 5) is 0. The van der Waals surface area contributed by atoms with Gasteiger partial charge in [-0.3, -0.25) is 0 Å². The lowest BCUT2D eigenvalue weighted by atomic mass is 9.85. The molecule has 0 spiro atoms. The molecule has 0 fully saturated rings. The van der Waals surface area contributed by atoms with E-state index in [0.717, 1.165) is 36.2 Å². The topological polar surface area (TPSA) is 38.1 Å². The molecule has 1 aromatic carbocycles. The summed E-state index contributed by atoms with van der Waals surface area (Å²) in [6, 6.07) is 8.27. The van der Waals surface area contributed by atoms with Gasteiger partial charge >= 0.3 is 0 Å². The lowest BCUT2D eigenvalue weighted by molar-refractivity contribution is 0.426. The van der Waals surface area contributed by atoms with Gasteiger partial charge < -0.3 is 5.11 Å². The zero-order valence-electron chi connectivity index (χ0n) is 13.8. The molecule has 1 heterocycles. The highest BCUT2D eigenvalue weighted by Crippen LogP contribution is 2.35. The van der Waals surface area contributed by atoms with Crippen molar-refractivity contribution in [2.45, 2.75) is 59.3 Å². The van der Waals surface area contributed by atoms with Crippen LogP contribution in [0.4, 0.5) is 0 Å². The van der Waals surface area contributed by atoms with E-state index >= 15 is 0 Å². The van der Waals surface area contributed by atoms with Crippen LogP contribution in [0.15, 0.2) is 24.3 Å². The Labute approximate surface area is 127 Å². The van der Waals surface area contributed by atoms with Gasteiger partial charge in [0.2, 0.25) is 5.88 Å². The van der Waals surface area contributed by atoms with Gasteiger partial charge in [-0.25, -0.2) is 4.68 Å². The molecule has 0 aliphatic carbocycles. The number of hydrogen-bond donors (Lipinski definition) is 1. The van der Waals surface area contributed by atoms with Gasteiger partial charge in [0.15, 0.2) is 0 Å². The number of aryl methyl sites for hydroxylation is 1. The van der Waals surface area contributed by atoms with Crippen LogP contribution in [0.1, 0.15) is 57.4 Å². The maximum Gasteiger partial charge on any atom is 0.234 e. The second-order valence-corrected chi connectivity index (χ2v) is 6.75. The van der Waals surface area contributed by atoms with Crippen LogP contribution in [0, 0.1) is 6.92 Å². The van der Waals surface area contributed by atoms with Crippen LogP contribution in [-0.4, -0.2) is 14.9 Å². The summed E-state index contributed by atoms with van der Waals surface area (Å²) in [5, 5.41) is 14.7. The molecule has 2 aromatic rings. The molecule has 0 bridgehead atoms. The average Bonchev–Trinajstić information content (AvgIpc) is 2.74. The zero-order valence-corrected chi connectivity index (χ0v) is 13.8. The number of rotatable bonds is 4. The molecule has 0 saturated carbocycles. The van der Waals surface area contributed by atoms with Gasteiger partial charge in [-0.15, -0.1) is 5.10 Å². The summed E-state index contributed by atoms with van der Waals surface area (Å²) < 4.78 is 1.91. The van der Waals surface area contributed by atoms with Crippen molar-refractivity contribution in [1.82, 2.24) is 9.78 Å². The maximum absolute atomic E-state index is 10.3. The molecule has 0 aliphatic heterocycles. The van der Waals surface area contributed by atoms with Crippen LogP contribution in [-0.2, 0) is 11.8 Å². The van der Waals surface area contributed by atoms with Crippen molar-refractivity contribution in [3.63, 3.8) is 0 Å². The summed E-state index contributed by atoms with van der Waals surface area (Å²) >= 11 is 0. The highest BCUT2D eigenvalue weighted by atomic mass is 16.3. The number of unbranched alkanes of at least 4 members (excludes halogenated alkanes) is 1. The predicted molar refractivity (Wildman–Crippen MR) is 87.3 cm³/mol. The molecular formula is C18H26N2O. The predicted octanol–water partition coefficient (Wildman–Crippen LogP) is 4.53. The van der Waals surface area contributed by atoms with Crippen molar-refractivity contribution in [2.24, 2.45) is 0 Å². The minimum absolute atomic E-state index is 0.115. The van der Waals surface area contributed by atoms with E-state index in [-0.39, 0.29) is 11.3 Å². The maximum atomic E-state index is 10.3. The van der Waals surface area contributed by atoms with E-state index in [9.17, 15) is 5.11 Å². The van der Waals surface area contributed by atoms with Crippen molar-refractivity contribution in [1.29, 1.82) is 0 Å². The molecule has 2 rings (SSSR count). The zero-order chi connectivity index (χ0) is 15.6. The van der Waals surface area contributed by atoms with Gasteiger partial charge in [-0.1, -0.05) is 51.8 Å². The largest absolute Gasteiger partial charge is 0.492 e. The summed E-state index contributed by atoms with van der Waals surface area (Å²) in [6.45, 7) is 10.6. The Kier molecular flexibility index (Phi) is 4.40. The lowest BCUT2D eigenvalue weighted by Crippen LogP contribution is -2.15. The first-order valence-electron chi connectivity index (χ1n) is 7.73. The van der Waals surface area contributed by atoms with E-state index in [2.05, 4.69) is 64.0 Å². The Morgan fingerprint density at radius 3 is 2.29 bits per heavy atom. The molecule has 1 N–H and O–H groups in total. The van der Waals surface area contributed by atoms with Gasteiger partial charge in [0.25, 0.3) is 0 Å². The quantitative estimate of drug-likeness (QED) is 0.897. The van der Waals surface area contributed by atoms with E-state index in [0.29, 0.717) is 0 Å². The number of aromatic nitrogens is 2. The highest BCUT2D eigenvalue weighted by Gasteiger charge is 2.27. The average molecular weight is 286 g/mol. The Hall–Kier alpha value is -1.77.